The van der Waals surface area contributed by atoms with Crippen molar-refractivity contribution in [3.8, 4) is 0 Å². The third-order valence-electron chi connectivity index (χ3n) is 5.19. The molecule has 0 saturated carbocycles. The quantitative estimate of drug-likeness (QED) is 0.651. The number of aromatic nitrogens is 6. The number of H-pyrrole nitrogens is 2. The molecule has 0 radical (unpaired) electrons. The van der Waals surface area contributed by atoms with Gasteiger partial charge in [0.1, 0.15) is 0 Å². The Hall–Kier alpha value is -1.88. The molecule has 2 atom stereocenters. The number of amides is 1. The molecule has 1 aliphatic heterocycles. The lowest BCUT2D eigenvalue weighted by molar-refractivity contribution is -0.129. The molecule has 1 saturated heterocycles. The van der Waals surface area contributed by atoms with Crippen LogP contribution in [0.4, 0.5) is 0 Å². The number of thioether (sulfide) groups is 1. The Morgan fingerprint density at radius 2 is 2.25 bits per heavy atom. The molecule has 150 valence electrons. The molecule has 4 rings (SSSR count). The van der Waals surface area contributed by atoms with E-state index >= 15 is 0 Å². The summed E-state index contributed by atoms with van der Waals surface area (Å²) in [6.45, 7) is 1.40. The van der Waals surface area contributed by atoms with Crippen molar-refractivity contribution < 1.29 is 4.79 Å². The fraction of sp³-hybridized carbons (Fsp3) is 0.588. The van der Waals surface area contributed by atoms with Gasteiger partial charge in [-0.05, 0) is 32.1 Å². The first-order valence-corrected chi connectivity index (χ1v) is 11.2. The van der Waals surface area contributed by atoms with Gasteiger partial charge >= 0.3 is 5.69 Å². The molecule has 3 heterocycles. The molecule has 0 aromatic carbocycles. The Kier molecular flexibility index (Phi) is 6.00. The summed E-state index contributed by atoms with van der Waals surface area (Å²) in [6, 6.07) is 0.226. The van der Waals surface area contributed by atoms with E-state index in [1.165, 1.54) is 16.2 Å². The maximum atomic E-state index is 12.6. The molecule has 1 fully saturated rings. The van der Waals surface area contributed by atoms with Crippen molar-refractivity contribution in [2.45, 2.75) is 49.2 Å². The average Bonchev–Trinajstić information content (AvgIpc) is 3.36. The smallest absolute Gasteiger partial charge is 0.341 e. The third-order valence-corrected chi connectivity index (χ3v) is 6.90. The number of allylic oxidation sites excluding steroid dienone is 2. The fourth-order valence-corrected chi connectivity index (χ4v) is 5.09. The van der Waals surface area contributed by atoms with E-state index in [4.69, 9.17) is 0 Å². The number of aromatic amines is 2. The molecule has 1 amide bonds. The van der Waals surface area contributed by atoms with E-state index in [-0.39, 0.29) is 29.3 Å². The van der Waals surface area contributed by atoms with E-state index < -0.39 is 0 Å². The number of piperidine rings is 1. The molecule has 0 bridgehead atoms. The van der Waals surface area contributed by atoms with Gasteiger partial charge in [0.2, 0.25) is 5.91 Å². The van der Waals surface area contributed by atoms with Crippen molar-refractivity contribution in [3.63, 3.8) is 0 Å². The van der Waals surface area contributed by atoms with Crippen molar-refractivity contribution >= 4 is 33.6 Å². The summed E-state index contributed by atoms with van der Waals surface area (Å²) in [4.78, 5) is 28.1. The number of carbonyl (C=O) groups is 1. The van der Waals surface area contributed by atoms with Crippen LogP contribution >= 0.6 is 27.7 Å². The Morgan fingerprint density at radius 1 is 1.36 bits per heavy atom. The van der Waals surface area contributed by atoms with E-state index in [0.29, 0.717) is 11.7 Å². The molecule has 2 N–H and O–H groups in total. The Bertz CT molecular complexity index is 921. The largest absolute Gasteiger partial charge is 0.341 e. The zero-order valence-corrected chi connectivity index (χ0v) is 17.7. The molecule has 2 aromatic heterocycles. The molecule has 0 spiro atoms. The van der Waals surface area contributed by atoms with Crippen LogP contribution in [-0.4, -0.2) is 59.8 Å². The van der Waals surface area contributed by atoms with Crippen molar-refractivity contribution in [1.29, 1.82) is 0 Å². The summed E-state index contributed by atoms with van der Waals surface area (Å²) in [5.41, 5.74) is 0.586. The minimum absolute atomic E-state index is 0.0453. The SMILES string of the molecule is O=C(CSc1n[nH]c(=O)[nH]1)N1CCCC(c2cn(C3CCCC=C3Br)nn2)C1. The molecule has 9 nitrogen and oxygen atoms in total. The molecule has 28 heavy (non-hydrogen) atoms. The summed E-state index contributed by atoms with van der Waals surface area (Å²) in [7, 11) is 0. The standard InChI is InChI=1S/C17H22BrN7O2S/c18-12-5-1-2-6-14(12)25-9-13(20-23-25)11-4-3-7-24(8-11)15(26)10-28-17-19-16(27)21-22-17/h5,9,11,14H,1-4,6-8,10H2,(H2,19,21,22,27). The van der Waals surface area contributed by atoms with Crippen LogP contribution in [-0.2, 0) is 4.79 Å². The van der Waals surface area contributed by atoms with Gasteiger partial charge in [0.05, 0.1) is 17.5 Å². The number of nitrogens with zero attached hydrogens (tertiary/aromatic N) is 5. The van der Waals surface area contributed by atoms with Crippen LogP contribution in [0.15, 0.2) is 26.7 Å². The second-order valence-corrected chi connectivity index (χ2v) is 8.99. The van der Waals surface area contributed by atoms with Gasteiger partial charge in [0.25, 0.3) is 0 Å². The first-order valence-electron chi connectivity index (χ1n) is 9.42. The Morgan fingerprint density at radius 3 is 3.04 bits per heavy atom. The molecular formula is C17H22BrN7O2S. The molecule has 11 heteroatoms. The first-order chi connectivity index (χ1) is 13.6. The number of rotatable bonds is 5. The van der Waals surface area contributed by atoms with Crippen molar-refractivity contribution in [2.24, 2.45) is 0 Å². The highest BCUT2D eigenvalue weighted by atomic mass is 79.9. The van der Waals surface area contributed by atoms with Crippen LogP contribution in [0.25, 0.3) is 0 Å². The van der Waals surface area contributed by atoms with Crippen LogP contribution in [0.3, 0.4) is 0 Å². The van der Waals surface area contributed by atoms with Gasteiger partial charge in [-0.3, -0.25) is 9.78 Å². The van der Waals surface area contributed by atoms with E-state index in [1.54, 1.807) is 0 Å². The van der Waals surface area contributed by atoms with Gasteiger partial charge in [-0.1, -0.05) is 39.0 Å². The summed E-state index contributed by atoms with van der Waals surface area (Å²) in [6.07, 6.45) is 9.50. The third kappa shape index (κ3) is 4.40. The average molecular weight is 468 g/mol. The first kappa shape index (κ1) is 19.4. The summed E-state index contributed by atoms with van der Waals surface area (Å²) in [5, 5.41) is 15.3. The minimum Gasteiger partial charge on any atom is -0.341 e. The molecular weight excluding hydrogens is 446 g/mol. The van der Waals surface area contributed by atoms with Gasteiger partial charge in [0.15, 0.2) is 5.16 Å². The lowest BCUT2D eigenvalue weighted by Crippen LogP contribution is -2.40. The van der Waals surface area contributed by atoms with Gasteiger partial charge in [-0.15, -0.1) is 10.2 Å². The second kappa shape index (κ2) is 8.64. The lowest BCUT2D eigenvalue weighted by atomic mass is 9.95. The monoisotopic (exact) mass is 467 g/mol. The highest BCUT2D eigenvalue weighted by Gasteiger charge is 2.28. The van der Waals surface area contributed by atoms with Crippen molar-refractivity contribution in [1.82, 2.24) is 35.1 Å². The molecule has 1 aliphatic carbocycles. The fourth-order valence-electron chi connectivity index (χ4n) is 3.70. The summed E-state index contributed by atoms with van der Waals surface area (Å²) >= 11 is 4.88. The number of halogens is 1. The maximum Gasteiger partial charge on any atom is 0.341 e. The summed E-state index contributed by atoms with van der Waals surface area (Å²) in [5.74, 6) is 0.497. The predicted molar refractivity (Wildman–Crippen MR) is 108 cm³/mol. The molecule has 2 aromatic rings. The zero-order valence-electron chi connectivity index (χ0n) is 15.3. The number of hydrogen-bond donors (Lipinski definition) is 2. The summed E-state index contributed by atoms with van der Waals surface area (Å²) < 4.78 is 3.11. The number of nitrogens with one attached hydrogen (secondary N) is 2. The molecule has 2 aliphatic rings. The van der Waals surface area contributed by atoms with E-state index in [0.717, 1.165) is 44.3 Å². The van der Waals surface area contributed by atoms with Crippen molar-refractivity contribution in [3.05, 3.63) is 32.9 Å². The topological polar surface area (TPSA) is 113 Å². The van der Waals surface area contributed by atoms with Crippen molar-refractivity contribution in [2.75, 3.05) is 18.8 Å². The number of likely N-dealkylation sites (tertiary alicyclic amines) is 1. The zero-order chi connectivity index (χ0) is 19.5. The molecule has 2 unspecified atom stereocenters. The Labute approximate surface area is 174 Å². The highest BCUT2D eigenvalue weighted by molar-refractivity contribution is 9.11. The van der Waals surface area contributed by atoms with Crippen LogP contribution in [0.2, 0.25) is 0 Å². The predicted octanol–water partition coefficient (Wildman–Crippen LogP) is 2.19. The van der Waals surface area contributed by atoms with Gasteiger partial charge in [-0.2, -0.15) is 0 Å². The second-order valence-electron chi connectivity index (χ2n) is 7.11. The Balaban J connectivity index is 1.37. The van der Waals surface area contributed by atoms with E-state index in [9.17, 15) is 9.59 Å². The van der Waals surface area contributed by atoms with Gasteiger partial charge in [-0.25, -0.2) is 14.6 Å². The van der Waals surface area contributed by atoms with Crippen LogP contribution in [0.5, 0.6) is 0 Å². The van der Waals surface area contributed by atoms with E-state index in [1.807, 2.05) is 15.8 Å². The van der Waals surface area contributed by atoms with Crippen LogP contribution < -0.4 is 5.69 Å². The van der Waals surface area contributed by atoms with Gasteiger partial charge in [0, 0.05) is 29.7 Å². The lowest BCUT2D eigenvalue weighted by Gasteiger charge is -2.31. The number of hydrogen-bond acceptors (Lipinski definition) is 6. The maximum absolute atomic E-state index is 12.6. The van der Waals surface area contributed by atoms with Crippen LogP contribution in [0, 0.1) is 0 Å². The van der Waals surface area contributed by atoms with Gasteiger partial charge < -0.3 is 4.90 Å². The van der Waals surface area contributed by atoms with Crippen LogP contribution in [0.1, 0.15) is 49.8 Å². The van der Waals surface area contributed by atoms with E-state index in [2.05, 4.69) is 47.5 Å². The number of carbonyl (C=O) groups excluding carboxylic acids is 1. The highest BCUT2D eigenvalue weighted by Crippen LogP contribution is 2.34. The normalized spacial score (nSPS) is 22.9. The minimum atomic E-state index is -0.365.